The van der Waals surface area contributed by atoms with Gasteiger partial charge in [0.2, 0.25) is 0 Å². The van der Waals surface area contributed by atoms with Crippen LogP contribution in [0.4, 0.5) is 0 Å². The quantitative estimate of drug-likeness (QED) is 0.529. The number of hydrogen-bond acceptors (Lipinski definition) is 4. The normalized spacial score (nSPS) is 10.6. The number of unbranched alkanes of at least 4 members (excludes halogenated alkanes) is 5. The third-order valence-electron chi connectivity index (χ3n) is 2.75. The van der Waals surface area contributed by atoms with Gasteiger partial charge in [-0.15, -0.1) is 0 Å². The van der Waals surface area contributed by atoms with Gasteiger partial charge in [-0.05, 0) is 18.6 Å². The van der Waals surface area contributed by atoms with E-state index in [-0.39, 0.29) is 5.75 Å². The van der Waals surface area contributed by atoms with Gasteiger partial charge in [0.1, 0.15) is 11.5 Å². The van der Waals surface area contributed by atoms with E-state index in [0.717, 1.165) is 6.42 Å². The van der Waals surface area contributed by atoms with E-state index in [1.54, 1.807) is 24.3 Å². The SMILES string of the molecule is CCCCCCCCOc1cccc(O[SH](=O)=O)c1. The summed E-state index contributed by atoms with van der Waals surface area (Å²) < 4.78 is 31.0. The van der Waals surface area contributed by atoms with Crippen molar-refractivity contribution in [2.24, 2.45) is 0 Å². The van der Waals surface area contributed by atoms with Crippen LogP contribution < -0.4 is 8.92 Å². The fourth-order valence-electron chi connectivity index (χ4n) is 1.78. The van der Waals surface area contributed by atoms with Crippen molar-refractivity contribution >= 4 is 11.0 Å². The number of ether oxygens (including phenoxy) is 1. The van der Waals surface area contributed by atoms with Gasteiger partial charge in [-0.1, -0.05) is 45.1 Å². The van der Waals surface area contributed by atoms with Crippen LogP contribution in [0.25, 0.3) is 0 Å². The Morgan fingerprint density at radius 3 is 2.42 bits per heavy atom. The molecule has 19 heavy (non-hydrogen) atoms. The molecule has 5 heteroatoms. The molecule has 0 N–H and O–H groups in total. The first-order chi connectivity index (χ1) is 9.22. The van der Waals surface area contributed by atoms with Crippen LogP contribution in [0.1, 0.15) is 45.4 Å². The van der Waals surface area contributed by atoms with Crippen molar-refractivity contribution in [3.8, 4) is 11.5 Å². The molecule has 0 heterocycles. The van der Waals surface area contributed by atoms with Gasteiger partial charge in [-0.2, -0.15) is 8.42 Å². The molecule has 0 aliphatic heterocycles. The van der Waals surface area contributed by atoms with E-state index in [9.17, 15) is 8.42 Å². The molecule has 108 valence electrons. The first-order valence-electron chi connectivity index (χ1n) is 6.77. The summed E-state index contributed by atoms with van der Waals surface area (Å²) in [7, 11) is -2.87. The predicted molar refractivity (Wildman–Crippen MR) is 76.3 cm³/mol. The van der Waals surface area contributed by atoms with Crippen LogP contribution in [0.3, 0.4) is 0 Å². The Balaban J connectivity index is 2.22. The lowest BCUT2D eigenvalue weighted by Crippen LogP contribution is -1.98. The molecule has 0 aromatic heterocycles. The van der Waals surface area contributed by atoms with E-state index >= 15 is 0 Å². The lowest BCUT2D eigenvalue weighted by atomic mass is 10.1. The van der Waals surface area contributed by atoms with Gasteiger partial charge in [-0.3, -0.25) is 0 Å². The third kappa shape index (κ3) is 7.72. The second-order valence-corrected chi connectivity index (χ2v) is 5.04. The fourth-order valence-corrected chi connectivity index (χ4v) is 2.06. The molecule has 1 aromatic carbocycles. The van der Waals surface area contributed by atoms with Gasteiger partial charge >= 0.3 is 0 Å². The van der Waals surface area contributed by atoms with Crippen molar-refractivity contribution in [1.29, 1.82) is 0 Å². The minimum Gasteiger partial charge on any atom is -0.493 e. The zero-order chi connectivity index (χ0) is 13.9. The van der Waals surface area contributed by atoms with Gasteiger partial charge in [0, 0.05) is 6.07 Å². The van der Waals surface area contributed by atoms with Crippen molar-refractivity contribution in [3.63, 3.8) is 0 Å². The molecule has 0 fully saturated rings. The van der Waals surface area contributed by atoms with Crippen molar-refractivity contribution in [2.75, 3.05) is 6.61 Å². The second-order valence-electron chi connectivity index (χ2n) is 4.41. The zero-order valence-electron chi connectivity index (χ0n) is 11.3. The minimum absolute atomic E-state index is 0.288. The van der Waals surface area contributed by atoms with Crippen LogP contribution in [0.5, 0.6) is 11.5 Å². The van der Waals surface area contributed by atoms with Crippen LogP contribution in [-0.2, 0) is 11.0 Å². The fraction of sp³-hybridized carbons (Fsp3) is 0.571. The molecule has 0 aliphatic rings. The largest absolute Gasteiger partial charge is 0.493 e. The molecule has 0 unspecified atom stereocenters. The van der Waals surface area contributed by atoms with E-state index < -0.39 is 11.0 Å². The van der Waals surface area contributed by atoms with Crippen LogP contribution in [0.2, 0.25) is 0 Å². The van der Waals surface area contributed by atoms with Crippen molar-refractivity contribution < 1.29 is 17.3 Å². The molecule has 0 spiro atoms. The monoisotopic (exact) mass is 286 g/mol. The molecule has 0 radical (unpaired) electrons. The zero-order valence-corrected chi connectivity index (χ0v) is 12.2. The molecule has 0 bridgehead atoms. The van der Waals surface area contributed by atoms with Crippen LogP contribution >= 0.6 is 0 Å². The summed E-state index contributed by atoms with van der Waals surface area (Å²) in [6, 6.07) is 6.68. The highest BCUT2D eigenvalue weighted by atomic mass is 32.2. The average molecular weight is 286 g/mol. The minimum atomic E-state index is -2.87. The van der Waals surface area contributed by atoms with E-state index in [1.807, 2.05) is 0 Å². The average Bonchev–Trinajstić information content (AvgIpc) is 2.37. The summed E-state index contributed by atoms with van der Waals surface area (Å²) in [5.74, 6) is 0.930. The van der Waals surface area contributed by atoms with Crippen molar-refractivity contribution in [3.05, 3.63) is 24.3 Å². The van der Waals surface area contributed by atoms with E-state index in [2.05, 4.69) is 11.1 Å². The maximum absolute atomic E-state index is 10.4. The Morgan fingerprint density at radius 1 is 1.00 bits per heavy atom. The lowest BCUT2D eigenvalue weighted by molar-refractivity contribution is 0.303. The summed E-state index contributed by atoms with van der Waals surface area (Å²) in [4.78, 5) is 0. The first kappa shape index (κ1) is 15.8. The molecular formula is C14H22O4S. The molecule has 4 nitrogen and oxygen atoms in total. The van der Waals surface area contributed by atoms with Gasteiger partial charge < -0.3 is 8.92 Å². The van der Waals surface area contributed by atoms with Gasteiger partial charge in [-0.25, -0.2) is 0 Å². The number of hydrogen-bond donors (Lipinski definition) is 1. The maximum atomic E-state index is 10.4. The smallest absolute Gasteiger partial charge is 0.299 e. The molecule has 1 aromatic rings. The second kappa shape index (κ2) is 9.67. The highest BCUT2D eigenvalue weighted by Crippen LogP contribution is 2.19. The summed E-state index contributed by atoms with van der Waals surface area (Å²) in [5.41, 5.74) is 0. The summed E-state index contributed by atoms with van der Waals surface area (Å²) in [6.07, 6.45) is 7.28. The molecule has 0 saturated carbocycles. The lowest BCUT2D eigenvalue weighted by Gasteiger charge is -2.07. The molecule has 1 rings (SSSR count). The molecule has 0 aliphatic carbocycles. The molecule has 0 amide bonds. The van der Waals surface area contributed by atoms with Gasteiger partial charge in [0.05, 0.1) is 6.61 Å². The first-order valence-corrected chi connectivity index (χ1v) is 7.87. The van der Waals surface area contributed by atoms with Gasteiger partial charge in [0.25, 0.3) is 11.0 Å². The van der Waals surface area contributed by atoms with Crippen LogP contribution in [-0.4, -0.2) is 15.0 Å². The van der Waals surface area contributed by atoms with Gasteiger partial charge in [0.15, 0.2) is 0 Å². The van der Waals surface area contributed by atoms with Crippen LogP contribution in [0.15, 0.2) is 24.3 Å². The molecular weight excluding hydrogens is 264 g/mol. The maximum Gasteiger partial charge on any atom is 0.299 e. The number of benzene rings is 1. The summed E-state index contributed by atoms with van der Waals surface area (Å²) in [5, 5.41) is 0. The Hall–Kier alpha value is -1.23. The molecule has 0 atom stereocenters. The molecule has 0 saturated heterocycles. The third-order valence-corrected chi connectivity index (χ3v) is 3.11. The van der Waals surface area contributed by atoms with Crippen molar-refractivity contribution in [1.82, 2.24) is 0 Å². The summed E-state index contributed by atoms with van der Waals surface area (Å²) >= 11 is 0. The standard InChI is InChI=1S/C14H22O4S/c1-2-3-4-5-6-7-11-17-13-9-8-10-14(12-13)18-19(15)16/h8-10,12,19H,2-7,11H2,1H3. The summed E-state index contributed by atoms with van der Waals surface area (Å²) in [6.45, 7) is 2.85. The van der Waals surface area contributed by atoms with E-state index in [1.165, 1.54) is 32.1 Å². The topological polar surface area (TPSA) is 52.6 Å². The predicted octanol–water partition coefficient (Wildman–Crippen LogP) is 3.33. The van der Waals surface area contributed by atoms with E-state index in [4.69, 9.17) is 4.74 Å². The van der Waals surface area contributed by atoms with Crippen LogP contribution in [0, 0.1) is 0 Å². The Morgan fingerprint density at radius 2 is 1.68 bits per heavy atom. The number of thiol groups is 1. The van der Waals surface area contributed by atoms with E-state index in [0.29, 0.717) is 12.4 Å². The Bertz CT molecular complexity index is 421. The highest BCUT2D eigenvalue weighted by molar-refractivity contribution is 7.67. The Kier molecular flexibility index (Phi) is 8.05. The number of rotatable bonds is 10. The Labute approximate surface area is 116 Å². The van der Waals surface area contributed by atoms with Crippen molar-refractivity contribution in [2.45, 2.75) is 45.4 Å². The highest BCUT2D eigenvalue weighted by Gasteiger charge is 1.99.